The van der Waals surface area contributed by atoms with E-state index in [9.17, 15) is 0 Å². The molecule has 0 bridgehead atoms. The second-order valence-corrected chi connectivity index (χ2v) is 4.64. The van der Waals surface area contributed by atoms with Gasteiger partial charge in [-0.15, -0.1) is 0 Å². The molecule has 2 heterocycles. The molecule has 0 aromatic carbocycles. The molecule has 1 N–H and O–H groups in total. The van der Waals surface area contributed by atoms with Crippen molar-refractivity contribution in [1.82, 2.24) is 5.32 Å². The van der Waals surface area contributed by atoms with Crippen LogP contribution in [0.5, 0.6) is 0 Å². The van der Waals surface area contributed by atoms with E-state index in [4.69, 9.17) is 4.84 Å². The van der Waals surface area contributed by atoms with Crippen LogP contribution in [0.25, 0.3) is 0 Å². The fourth-order valence-corrected chi connectivity index (χ4v) is 2.52. The zero-order valence-corrected chi connectivity index (χ0v) is 9.29. The molecule has 3 heteroatoms. The summed E-state index contributed by atoms with van der Waals surface area (Å²) in [5, 5.41) is 7.79. The molecular formula is C11H20N2O. The first-order valence-corrected chi connectivity index (χ1v) is 5.71. The summed E-state index contributed by atoms with van der Waals surface area (Å²) in [7, 11) is 0. The van der Waals surface area contributed by atoms with Gasteiger partial charge in [0, 0.05) is 5.92 Å². The zero-order chi connectivity index (χ0) is 10.1. The predicted molar refractivity (Wildman–Crippen MR) is 57.3 cm³/mol. The highest BCUT2D eigenvalue weighted by Gasteiger charge is 2.40. The molecule has 2 aliphatic heterocycles. The van der Waals surface area contributed by atoms with E-state index < -0.39 is 0 Å². The van der Waals surface area contributed by atoms with E-state index in [2.05, 4.69) is 31.2 Å². The highest BCUT2D eigenvalue weighted by Crippen LogP contribution is 2.30. The maximum Gasteiger partial charge on any atom is 0.135 e. The molecule has 0 saturated carbocycles. The number of hydrogen-bond acceptors (Lipinski definition) is 3. The highest BCUT2D eigenvalue weighted by atomic mass is 16.6. The maximum atomic E-state index is 5.48. The molecule has 2 aliphatic rings. The molecule has 3 unspecified atom stereocenters. The van der Waals surface area contributed by atoms with Gasteiger partial charge in [-0.1, -0.05) is 25.9 Å². The van der Waals surface area contributed by atoms with Crippen LogP contribution in [0.3, 0.4) is 0 Å². The van der Waals surface area contributed by atoms with E-state index in [1.54, 1.807) is 0 Å². The zero-order valence-electron chi connectivity index (χ0n) is 9.29. The first kappa shape index (κ1) is 9.97. The Morgan fingerprint density at radius 3 is 3.00 bits per heavy atom. The van der Waals surface area contributed by atoms with Crippen LogP contribution in [0, 0.1) is 11.8 Å². The van der Waals surface area contributed by atoms with Gasteiger partial charge < -0.3 is 10.2 Å². The van der Waals surface area contributed by atoms with E-state index in [1.165, 1.54) is 12.1 Å². The standard InChI is InChI=1S/C11H20N2O/c1-4-9-8-5-6-12-10(7(2)3)11(8)13-14-9/h7-10,12H,4-6H2,1-3H3. The third kappa shape index (κ3) is 1.54. The molecule has 0 amide bonds. The van der Waals surface area contributed by atoms with Crippen molar-refractivity contribution in [2.45, 2.75) is 45.8 Å². The van der Waals surface area contributed by atoms with Crippen LogP contribution in [0.2, 0.25) is 0 Å². The molecule has 3 atom stereocenters. The van der Waals surface area contributed by atoms with Crippen LogP contribution in [0.1, 0.15) is 33.6 Å². The lowest BCUT2D eigenvalue weighted by Crippen LogP contribution is -2.50. The van der Waals surface area contributed by atoms with Gasteiger partial charge in [0.2, 0.25) is 0 Å². The molecule has 0 aromatic heterocycles. The number of nitrogens with zero attached hydrogens (tertiary/aromatic N) is 1. The van der Waals surface area contributed by atoms with Gasteiger partial charge in [0.15, 0.2) is 0 Å². The predicted octanol–water partition coefficient (Wildman–Crippen LogP) is 1.79. The SMILES string of the molecule is CCC1ON=C2C1CCNC2C(C)C. The molecule has 1 saturated heterocycles. The van der Waals surface area contributed by atoms with E-state index >= 15 is 0 Å². The van der Waals surface area contributed by atoms with Gasteiger partial charge in [-0.25, -0.2) is 0 Å². The second kappa shape index (κ2) is 3.89. The summed E-state index contributed by atoms with van der Waals surface area (Å²) < 4.78 is 0. The van der Waals surface area contributed by atoms with Crippen LogP contribution in [-0.2, 0) is 4.84 Å². The Labute approximate surface area is 85.9 Å². The molecule has 0 aromatic rings. The molecule has 2 rings (SSSR count). The average Bonchev–Trinajstić information content (AvgIpc) is 2.59. The third-order valence-corrected chi connectivity index (χ3v) is 3.33. The summed E-state index contributed by atoms with van der Waals surface area (Å²) in [6, 6.07) is 0.435. The Bertz CT molecular complexity index is 237. The Balaban J connectivity index is 2.12. The van der Waals surface area contributed by atoms with Crippen LogP contribution in [-0.4, -0.2) is 24.4 Å². The topological polar surface area (TPSA) is 33.6 Å². The van der Waals surface area contributed by atoms with Crippen LogP contribution in [0.4, 0.5) is 0 Å². The van der Waals surface area contributed by atoms with Crippen molar-refractivity contribution >= 4 is 5.71 Å². The number of piperidine rings is 1. The Morgan fingerprint density at radius 2 is 2.36 bits per heavy atom. The van der Waals surface area contributed by atoms with Crippen molar-refractivity contribution < 1.29 is 4.84 Å². The maximum absolute atomic E-state index is 5.48. The second-order valence-electron chi connectivity index (χ2n) is 4.64. The van der Waals surface area contributed by atoms with Gasteiger partial charge >= 0.3 is 0 Å². The van der Waals surface area contributed by atoms with Gasteiger partial charge in [0.05, 0.1) is 11.8 Å². The first-order valence-electron chi connectivity index (χ1n) is 5.71. The Hall–Kier alpha value is -0.570. The fraction of sp³-hybridized carbons (Fsp3) is 0.909. The van der Waals surface area contributed by atoms with Crippen molar-refractivity contribution in [3.05, 3.63) is 0 Å². The number of oxime groups is 1. The van der Waals surface area contributed by atoms with Gasteiger partial charge in [0.1, 0.15) is 6.10 Å². The molecule has 1 fully saturated rings. The largest absolute Gasteiger partial charge is 0.392 e. The van der Waals surface area contributed by atoms with Gasteiger partial charge in [0.25, 0.3) is 0 Å². The van der Waals surface area contributed by atoms with Gasteiger partial charge in [-0.05, 0) is 25.3 Å². The summed E-state index contributed by atoms with van der Waals surface area (Å²) in [5.74, 6) is 1.18. The smallest absolute Gasteiger partial charge is 0.135 e. The van der Waals surface area contributed by atoms with Crippen molar-refractivity contribution in [3.63, 3.8) is 0 Å². The minimum atomic E-state index is 0.341. The lowest BCUT2D eigenvalue weighted by Gasteiger charge is -2.31. The van der Waals surface area contributed by atoms with Crippen LogP contribution >= 0.6 is 0 Å². The van der Waals surface area contributed by atoms with Crippen molar-refractivity contribution in [3.8, 4) is 0 Å². The van der Waals surface area contributed by atoms with Crippen molar-refractivity contribution in [1.29, 1.82) is 0 Å². The minimum absolute atomic E-state index is 0.341. The fourth-order valence-electron chi connectivity index (χ4n) is 2.52. The Morgan fingerprint density at radius 1 is 1.57 bits per heavy atom. The van der Waals surface area contributed by atoms with Crippen LogP contribution in [0.15, 0.2) is 5.16 Å². The molecule has 14 heavy (non-hydrogen) atoms. The summed E-state index contributed by atoms with van der Waals surface area (Å²) in [5.41, 5.74) is 1.26. The van der Waals surface area contributed by atoms with Crippen molar-refractivity contribution in [2.75, 3.05) is 6.54 Å². The summed E-state index contributed by atoms with van der Waals surface area (Å²) in [4.78, 5) is 5.48. The Kier molecular flexibility index (Phi) is 2.77. The number of hydrogen-bond donors (Lipinski definition) is 1. The van der Waals surface area contributed by atoms with Crippen molar-refractivity contribution in [2.24, 2.45) is 17.0 Å². The quantitative estimate of drug-likeness (QED) is 0.730. The summed E-state index contributed by atoms with van der Waals surface area (Å²) >= 11 is 0. The highest BCUT2D eigenvalue weighted by molar-refractivity contribution is 5.93. The lowest BCUT2D eigenvalue weighted by molar-refractivity contribution is 0.0569. The average molecular weight is 196 g/mol. The first-order chi connectivity index (χ1) is 6.74. The van der Waals surface area contributed by atoms with Gasteiger partial charge in [-0.3, -0.25) is 0 Å². The monoisotopic (exact) mass is 196 g/mol. The summed E-state index contributed by atoms with van der Waals surface area (Å²) in [6.07, 6.45) is 2.59. The number of nitrogens with one attached hydrogen (secondary N) is 1. The lowest BCUT2D eigenvalue weighted by atomic mass is 9.82. The van der Waals surface area contributed by atoms with E-state index in [1.807, 2.05) is 0 Å². The molecular weight excluding hydrogens is 176 g/mol. The third-order valence-electron chi connectivity index (χ3n) is 3.33. The van der Waals surface area contributed by atoms with Gasteiger partial charge in [-0.2, -0.15) is 0 Å². The summed E-state index contributed by atoms with van der Waals surface area (Å²) in [6.45, 7) is 7.76. The minimum Gasteiger partial charge on any atom is -0.392 e. The molecule has 3 nitrogen and oxygen atoms in total. The number of fused-ring (bicyclic) bond motifs is 1. The number of rotatable bonds is 2. The normalized spacial score (nSPS) is 36.6. The van der Waals surface area contributed by atoms with Crippen LogP contribution < -0.4 is 5.32 Å². The van der Waals surface area contributed by atoms with E-state index in [0.29, 0.717) is 24.0 Å². The van der Waals surface area contributed by atoms with E-state index in [0.717, 1.165) is 13.0 Å². The molecule has 0 spiro atoms. The molecule has 0 aliphatic carbocycles. The molecule has 80 valence electrons. The van der Waals surface area contributed by atoms with E-state index in [-0.39, 0.29) is 0 Å². The molecule has 0 radical (unpaired) electrons.